The third kappa shape index (κ3) is 3.26. The van der Waals surface area contributed by atoms with Gasteiger partial charge in [-0.05, 0) is 25.1 Å². The largest absolute Gasteiger partial charge is 0.349 e. The van der Waals surface area contributed by atoms with Gasteiger partial charge in [0, 0.05) is 18.9 Å². The molecule has 6 heteroatoms. The smallest absolute Gasteiger partial charge is 0.225 e. The van der Waals surface area contributed by atoms with Crippen LogP contribution in [0.2, 0.25) is 0 Å². The van der Waals surface area contributed by atoms with Gasteiger partial charge in [0.2, 0.25) is 5.91 Å². The fourth-order valence-corrected chi connectivity index (χ4v) is 2.73. The summed E-state index contributed by atoms with van der Waals surface area (Å²) >= 11 is 0. The number of nitrogens with zero attached hydrogens (tertiary/aromatic N) is 4. The summed E-state index contributed by atoms with van der Waals surface area (Å²) in [4.78, 5) is 16.9. The molecule has 0 aliphatic carbocycles. The van der Waals surface area contributed by atoms with Crippen molar-refractivity contribution >= 4 is 16.9 Å². The highest BCUT2D eigenvalue weighted by Gasteiger charge is 2.15. The Hall–Kier alpha value is -2.63. The van der Waals surface area contributed by atoms with Crippen molar-refractivity contribution in [3.05, 3.63) is 48.5 Å². The number of para-hydroxylation sites is 2. The lowest BCUT2D eigenvalue weighted by Crippen LogP contribution is -2.32. The number of benzene rings is 1. The number of hydrogen-bond acceptors (Lipinski definition) is 3. The van der Waals surface area contributed by atoms with Crippen molar-refractivity contribution in [1.29, 1.82) is 0 Å². The maximum atomic E-state index is 12.3. The van der Waals surface area contributed by atoms with E-state index in [1.807, 2.05) is 37.4 Å². The molecule has 0 spiro atoms. The Morgan fingerprint density at radius 2 is 2.13 bits per heavy atom. The van der Waals surface area contributed by atoms with Gasteiger partial charge >= 0.3 is 0 Å². The predicted octanol–water partition coefficient (Wildman–Crippen LogP) is 2.21. The van der Waals surface area contributed by atoms with E-state index in [0.29, 0.717) is 13.1 Å². The highest BCUT2D eigenvalue weighted by molar-refractivity contribution is 5.79. The summed E-state index contributed by atoms with van der Waals surface area (Å²) < 4.78 is 3.90. The van der Waals surface area contributed by atoms with E-state index < -0.39 is 0 Å². The minimum absolute atomic E-state index is 0.00945. The highest BCUT2D eigenvalue weighted by Crippen LogP contribution is 2.15. The number of hydrogen-bond donors (Lipinski definition) is 1. The maximum absolute atomic E-state index is 12.3. The van der Waals surface area contributed by atoms with Gasteiger partial charge in [-0.1, -0.05) is 19.1 Å². The van der Waals surface area contributed by atoms with Crippen LogP contribution in [0.4, 0.5) is 0 Å². The van der Waals surface area contributed by atoms with Crippen LogP contribution in [0.5, 0.6) is 0 Å². The first-order valence-electron chi connectivity index (χ1n) is 7.88. The summed E-state index contributed by atoms with van der Waals surface area (Å²) in [7, 11) is 0. The van der Waals surface area contributed by atoms with Crippen molar-refractivity contribution in [3.8, 4) is 0 Å². The van der Waals surface area contributed by atoms with E-state index in [2.05, 4.69) is 33.0 Å². The minimum atomic E-state index is -0.144. The number of nitrogens with one attached hydrogen (secondary N) is 1. The fourth-order valence-electron chi connectivity index (χ4n) is 2.73. The van der Waals surface area contributed by atoms with Crippen LogP contribution < -0.4 is 5.32 Å². The molecule has 0 aliphatic rings. The Kier molecular flexibility index (Phi) is 4.41. The molecule has 0 saturated heterocycles. The molecule has 2 aromatic heterocycles. The number of carbonyl (C=O) groups is 1. The summed E-state index contributed by atoms with van der Waals surface area (Å²) in [5.41, 5.74) is 2.06. The zero-order valence-corrected chi connectivity index (χ0v) is 13.4. The third-order valence-corrected chi connectivity index (χ3v) is 3.94. The molecule has 3 rings (SSSR count). The summed E-state index contributed by atoms with van der Waals surface area (Å²) in [6.45, 7) is 5.82. The quantitative estimate of drug-likeness (QED) is 0.759. The second-order valence-electron chi connectivity index (χ2n) is 5.61. The van der Waals surface area contributed by atoms with Crippen LogP contribution >= 0.6 is 0 Å². The number of amides is 1. The normalized spacial score (nSPS) is 12.4. The molecule has 23 heavy (non-hydrogen) atoms. The molecular weight excluding hydrogens is 290 g/mol. The molecular formula is C17H21N5O. The van der Waals surface area contributed by atoms with Gasteiger partial charge < -0.3 is 9.88 Å². The number of aryl methyl sites for hydroxylation is 1. The van der Waals surface area contributed by atoms with Gasteiger partial charge in [0.05, 0.1) is 30.0 Å². The second-order valence-corrected chi connectivity index (χ2v) is 5.61. The summed E-state index contributed by atoms with van der Waals surface area (Å²) in [6, 6.07) is 9.88. The molecule has 0 saturated carbocycles. The molecule has 1 atom stereocenters. The Morgan fingerprint density at radius 1 is 1.30 bits per heavy atom. The molecule has 0 fully saturated rings. The van der Waals surface area contributed by atoms with Gasteiger partial charge in [0.25, 0.3) is 0 Å². The minimum Gasteiger partial charge on any atom is -0.349 e. The molecule has 1 unspecified atom stereocenters. The molecule has 0 radical (unpaired) electrons. The van der Waals surface area contributed by atoms with E-state index in [0.717, 1.165) is 23.4 Å². The van der Waals surface area contributed by atoms with E-state index in [1.165, 1.54) is 0 Å². The molecule has 3 aromatic rings. The first kappa shape index (κ1) is 15.3. The van der Waals surface area contributed by atoms with Crippen molar-refractivity contribution in [3.63, 3.8) is 0 Å². The van der Waals surface area contributed by atoms with Gasteiger partial charge in [0.1, 0.15) is 5.82 Å². The number of carbonyl (C=O) groups excluding carboxylic acids is 1. The van der Waals surface area contributed by atoms with Crippen LogP contribution in [-0.2, 0) is 24.4 Å². The van der Waals surface area contributed by atoms with E-state index in [1.54, 1.807) is 10.9 Å². The molecule has 1 N–H and O–H groups in total. The highest BCUT2D eigenvalue weighted by atomic mass is 16.1. The average Bonchev–Trinajstić information content (AvgIpc) is 3.19. The van der Waals surface area contributed by atoms with Crippen molar-refractivity contribution in [2.45, 2.75) is 33.5 Å². The standard InChI is InChI=1S/C17H21N5O/c1-3-22-15-8-5-4-7-14(15)20-16(22)11-18-17(23)13(2)12-21-10-6-9-19-21/h4-10,13H,3,11-12H2,1-2H3,(H,18,23). The first-order chi connectivity index (χ1) is 11.2. The number of rotatable bonds is 6. The number of fused-ring (bicyclic) bond motifs is 1. The van der Waals surface area contributed by atoms with Crippen molar-refractivity contribution in [2.75, 3.05) is 0 Å². The molecule has 0 bridgehead atoms. The van der Waals surface area contributed by atoms with Gasteiger partial charge in [-0.2, -0.15) is 5.10 Å². The lowest BCUT2D eigenvalue weighted by atomic mass is 10.1. The van der Waals surface area contributed by atoms with Crippen LogP contribution in [-0.4, -0.2) is 25.2 Å². The maximum Gasteiger partial charge on any atom is 0.225 e. The summed E-state index contributed by atoms with van der Waals surface area (Å²) in [5, 5.41) is 7.12. The second kappa shape index (κ2) is 6.64. The topological polar surface area (TPSA) is 64.7 Å². The number of imidazole rings is 1. The van der Waals surface area contributed by atoms with Gasteiger partial charge in [-0.3, -0.25) is 9.48 Å². The van der Waals surface area contributed by atoms with Gasteiger partial charge in [0.15, 0.2) is 0 Å². The lowest BCUT2D eigenvalue weighted by molar-refractivity contribution is -0.125. The van der Waals surface area contributed by atoms with E-state index in [4.69, 9.17) is 0 Å². The van der Waals surface area contributed by atoms with Crippen LogP contribution in [0.3, 0.4) is 0 Å². The molecule has 6 nitrogen and oxygen atoms in total. The third-order valence-electron chi connectivity index (χ3n) is 3.94. The van der Waals surface area contributed by atoms with Gasteiger partial charge in [-0.15, -0.1) is 0 Å². The van der Waals surface area contributed by atoms with Gasteiger partial charge in [-0.25, -0.2) is 4.98 Å². The Balaban J connectivity index is 1.67. The van der Waals surface area contributed by atoms with Crippen LogP contribution in [0.15, 0.2) is 42.7 Å². The average molecular weight is 311 g/mol. The molecule has 2 heterocycles. The van der Waals surface area contributed by atoms with E-state index in [-0.39, 0.29) is 11.8 Å². The van der Waals surface area contributed by atoms with Crippen molar-refractivity contribution in [2.24, 2.45) is 5.92 Å². The summed E-state index contributed by atoms with van der Waals surface area (Å²) in [6.07, 6.45) is 3.58. The zero-order chi connectivity index (χ0) is 16.2. The van der Waals surface area contributed by atoms with E-state index in [9.17, 15) is 4.79 Å². The fraction of sp³-hybridized carbons (Fsp3) is 0.353. The monoisotopic (exact) mass is 311 g/mol. The Bertz CT molecular complexity index is 791. The Labute approximate surface area is 135 Å². The molecule has 1 aromatic carbocycles. The Morgan fingerprint density at radius 3 is 2.87 bits per heavy atom. The molecule has 120 valence electrons. The first-order valence-corrected chi connectivity index (χ1v) is 7.88. The van der Waals surface area contributed by atoms with Crippen LogP contribution in [0.25, 0.3) is 11.0 Å². The summed E-state index contributed by atoms with van der Waals surface area (Å²) in [5.74, 6) is 0.748. The van der Waals surface area contributed by atoms with Crippen LogP contribution in [0, 0.1) is 5.92 Å². The van der Waals surface area contributed by atoms with Crippen LogP contribution in [0.1, 0.15) is 19.7 Å². The van der Waals surface area contributed by atoms with Crippen molar-refractivity contribution < 1.29 is 4.79 Å². The molecule has 1 amide bonds. The SMILES string of the molecule is CCn1c(CNC(=O)C(C)Cn2cccn2)nc2ccccc21. The van der Waals surface area contributed by atoms with Crippen molar-refractivity contribution in [1.82, 2.24) is 24.6 Å². The number of aromatic nitrogens is 4. The lowest BCUT2D eigenvalue weighted by Gasteiger charge is -2.13. The predicted molar refractivity (Wildman–Crippen MR) is 88.6 cm³/mol. The van der Waals surface area contributed by atoms with E-state index >= 15 is 0 Å². The zero-order valence-electron chi connectivity index (χ0n) is 13.4. The molecule has 0 aliphatic heterocycles.